The maximum atomic E-state index is 5.99. The second kappa shape index (κ2) is 4.84. The normalized spacial score (nSPS) is 10.8. The van der Waals surface area contributed by atoms with E-state index in [1.165, 1.54) is 0 Å². The van der Waals surface area contributed by atoms with Crippen LogP contribution in [0.1, 0.15) is 22.6 Å². The molecule has 2 heterocycles. The molecule has 0 spiro atoms. The number of aryl methyl sites for hydroxylation is 2. The average molecular weight is 248 g/mol. The summed E-state index contributed by atoms with van der Waals surface area (Å²) in [7, 11) is 0. The monoisotopic (exact) mass is 248 g/mol. The van der Waals surface area contributed by atoms with E-state index in [1.54, 1.807) is 18.0 Å². The predicted molar refractivity (Wildman–Crippen MR) is 71.1 cm³/mol. The molecular formula is C13H16N2OS. The Bertz CT molecular complexity index is 534. The predicted octanol–water partition coefficient (Wildman–Crippen LogP) is 3.47. The number of hydrogen-bond donors (Lipinski definition) is 1. The summed E-state index contributed by atoms with van der Waals surface area (Å²) in [6.45, 7) is 5.96. The van der Waals surface area contributed by atoms with E-state index in [9.17, 15) is 0 Å². The van der Waals surface area contributed by atoms with Gasteiger partial charge in [-0.1, -0.05) is 0 Å². The number of rotatable bonds is 3. The Balaban J connectivity index is 2.15. The summed E-state index contributed by atoms with van der Waals surface area (Å²) < 4.78 is 5.26. The van der Waals surface area contributed by atoms with Gasteiger partial charge in [0.25, 0.3) is 0 Å². The molecule has 0 aliphatic carbocycles. The molecule has 2 rings (SSSR count). The third kappa shape index (κ3) is 2.47. The number of anilines is 1. The van der Waals surface area contributed by atoms with Crippen LogP contribution in [-0.2, 0) is 5.75 Å². The van der Waals surface area contributed by atoms with Gasteiger partial charge in [0.05, 0.1) is 12.0 Å². The number of furan rings is 1. The molecule has 0 bridgehead atoms. The van der Waals surface area contributed by atoms with E-state index in [4.69, 9.17) is 10.2 Å². The number of nitrogens with zero attached hydrogens (tertiary/aromatic N) is 1. The van der Waals surface area contributed by atoms with Crippen LogP contribution in [0.4, 0.5) is 5.69 Å². The molecule has 2 aromatic rings. The Labute approximate surface area is 105 Å². The fourth-order valence-corrected chi connectivity index (χ4v) is 2.59. The van der Waals surface area contributed by atoms with Gasteiger partial charge in [-0.3, -0.25) is 4.98 Å². The zero-order chi connectivity index (χ0) is 12.4. The summed E-state index contributed by atoms with van der Waals surface area (Å²) in [5, 5.41) is 0. The standard InChI is InChI=1S/C13H16N2OS/c1-8-6-15-11(9(2)13(8)14)7-17-12-4-5-16-10(12)3/h4-6H,7H2,1-3H3,(H2,14,15). The van der Waals surface area contributed by atoms with E-state index in [-0.39, 0.29) is 0 Å². The molecule has 0 saturated heterocycles. The second-order valence-electron chi connectivity index (χ2n) is 4.06. The van der Waals surface area contributed by atoms with Crippen molar-refractivity contribution in [1.82, 2.24) is 4.98 Å². The van der Waals surface area contributed by atoms with Crippen molar-refractivity contribution < 1.29 is 4.42 Å². The molecule has 0 unspecified atom stereocenters. The van der Waals surface area contributed by atoms with Crippen molar-refractivity contribution in [3.05, 3.63) is 41.1 Å². The Kier molecular flexibility index (Phi) is 3.43. The van der Waals surface area contributed by atoms with Crippen LogP contribution < -0.4 is 5.73 Å². The van der Waals surface area contributed by atoms with E-state index in [0.29, 0.717) is 0 Å². The summed E-state index contributed by atoms with van der Waals surface area (Å²) in [4.78, 5) is 5.59. The van der Waals surface area contributed by atoms with Crippen molar-refractivity contribution in [2.45, 2.75) is 31.4 Å². The fourth-order valence-electron chi connectivity index (χ4n) is 1.61. The van der Waals surface area contributed by atoms with E-state index in [0.717, 1.165) is 38.9 Å². The van der Waals surface area contributed by atoms with Gasteiger partial charge in [0.1, 0.15) is 5.76 Å². The number of nitrogen functional groups attached to an aromatic ring is 1. The Hall–Kier alpha value is -1.42. The zero-order valence-corrected chi connectivity index (χ0v) is 11.1. The molecule has 0 fully saturated rings. The Morgan fingerprint density at radius 2 is 2.12 bits per heavy atom. The second-order valence-corrected chi connectivity index (χ2v) is 5.07. The molecule has 2 N–H and O–H groups in total. The van der Waals surface area contributed by atoms with Gasteiger partial charge in [-0.25, -0.2) is 0 Å². The molecule has 0 saturated carbocycles. The highest BCUT2D eigenvalue weighted by molar-refractivity contribution is 7.98. The van der Waals surface area contributed by atoms with Gasteiger partial charge < -0.3 is 10.2 Å². The minimum Gasteiger partial charge on any atom is -0.468 e. The molecule has 0 aromatic carbocycles. The van der Waals surface area contributed by atoms with Crippen LogP contribution in [0.5, 0.6) is 0 Å². The highest BCUT2D eigenvalue weighted by Gasteiger charge is 2.08. The van der Waals surface area contributed by atoms with Gasteiger partial charge in [-0.05, 0) is 38.0 Å². The molecule has 3 nitrogen and oxygen atoms in total. The summed E-state index contributed by atoms with van der Waals surface area (Å²) in [5.74, 6) is 1.77. The maximum absolute atomic E-state index is 5.99. The number of nitrogens with two attached hydrogens (primary N) is 1. The molecule has 90 valence electrons. The number of pyridine rings is 1. The quantitative estimate of drug-likeness (QED) is 0.845. The lowest BCUT2D eigenvalue weighted by Gasteiger charge is -2.09. The first kappa shape index (κ1) is 12.0. The molecule has 4 heteroatoms. The topological polar surface area (TPSA) is 52.0 Å². The third-order valence-electron chi connectivity index (χ3n) is 2.85. The molecule has 0 amide bonds. The Morgan fingerprint density at radius 1 is 1.35 bits per heavy atom. The summed E-state index contributed by atoms with van der Waals surface area (Å²) >= 11 is 1.72. The zero-order valence-electron chi connectivity index (χ0n) is 10.3. The average Bonchev–Trinajstić information content (AvgIpc) is 2.71. The van der Waals surface area contributed by atoms with E-state index in [2.05, 4.69) is 4.98 Å². The minimum absolute atomic E-state index is 0.816. The summed E-state index contributed by atoms with van der Waals surface area (Å²) in [6, 6.07) is 1.98. The van der Waals surface area contributed by atoms with Crippen molar-refractivity contribution in [1.29, 1.82) is 0 Å². The smallest absolute Gasteiger partial charge is 0.114 e. The molecule has 0 atom stereocenters. The first-order valence-corrected chi connectivity index (χ1v) is 6.45. The van der Waals surface area contributed by atoms with Gasteiger partial charge in [0.2, 0.25) is 0 Å². The highest BCUT2D eigenvalue weighted by Crippen LogP contribution is 2.28. The lowest BCUT2D eigenvalue weighted by molar-refractivity contribution is 0.527. The number of thioether (sulfide) groups is 1. The molecule has 2 aromatic heterocycles. The number of aromatic nitrogens is 1. The van der Waals surface area contributed by atoms with Crippen molar-refractivity contribution in [3.63, 3.8) is 0 Å². The lowest BCUT2D eigenvalue weighted by Crippen LogP contribution is -2.00. The van der Waals surface area contributed by atoms with E-state index < -0.39 is 0 Å². The highest BCUT2D eigenvalue weighted by atomic mass is 32.2. The molecular weight excluding hydrogens is 232 g/mol. The van der Waals surface area contributed by atoms with Crippen LogP contribution in [0.3, 0.4) is 0 Å². The van der Waals surface area contributed by atoms with Crippen LogP contribution in [0.2, 0.25) is 0 Å². The Morgan fingerprint density at radius 3 is 2.76 bits per heavy atom. The lowest BCUT2D eigenvalue weighted by atomic mass is 10.1. The van der Waals surface area contributed by atoms with E-state index >= 15 is 0 Å². The third-order valence-corrected chi connectivity index (χ3v) is 4.00. The van der Waals surface area contributed by atoms with Gasteiger partial charge >= 0.3 is 0 Å². The SMILES string of the molecule is Cc1cnc(CSc2ccoc2C)c(C)c1N. The van der Waals surface area contributed by atoms with Gasteiger partial charge in [-0.2, -0.15) is 0 Å². The largest absolute Gasteiger partial charge is 0.468 e. The van der Waals surface area contributed by atoms with Crippen LogP contribution in [-0.4, -0.2) is 4.98 Å². The van der Waals surface area contributed by atoms with Crippen LogP contribution >= 0.6 is 11.8 Å². The molecule has 17 heavy (non-hydrogen) atoms. The van der Waals surface area contributed by atoms with E-state index in [1.807, 2.05) is 33.0 Å². The van der Waals surface area contributed by atoms with Crippen molar-refractivity contribution in [2.75, 3.05) is 5.73 Å². The van der Waals surface area contributed by atoms with Crippen molar-refractivity contribution in [2.24, 2.45) is 0 Å². The first-order chi connectivity index (χ1) is 8.09. The van der Waals surface area contributed by atoms with Crippen LogP contribution in [0.15, 0.2) is 27.8 Å². The fraction of sp³-hybridized carbons (Fsp3) is 0.308. The number of hydrogen-bond acceptors (Lipinski definition) is 4. The van der Waals surface area contributed by atoms with Crippen LogP contribution in [0.25, 0.3) is 0 Å². The minimum atomic E-state index is 0.816. The van der Waals surface area contributed by atoms with Gasteiger partial charge in [0.15, 0.2) is 0 Å². The van der Waals surface area contributed by atoms with Crippen molar-refractivity contribution >= 4 is 17.4 Å². The first-order valence-electron chi connectivity index (χ1n) is 5.47. The molecule has 0 aliphatic heterocycles. The van der Waals surface area contributed by atoms with Crippen LogP contribution in [0, 0.1) is 20.8 Å². The summed E-state index contributed by atoms with van der Waals surface area (Å²) in [6.07, 6.45) is 3.54. The van der Waals surface area contributed by atoms with Gasteiger partial charge in [0, 0.05) is 22.5 Å². The molecule has 0 aliphatic rings. The van der Waals surface area contributed by atoms with Gasteiger partial charge in [-0.15, -0.1) is 11.8 Å². The maximum Gasteiger partial charge on any atom is 0.114 e. The van der Waals surface area contributed by atoms with Crippen molar-refractivity contribution in [3.8, 4) is 0 Å². The molecule has 0 radical (unpaired) electrons. The summed E-state index contributed by atoms with van der Waals surface area (Å²) in [5.41, 5.74) is 10.0.